The lowest BCUT2D eigenvalue weighted by atomic mass is 10.1. The van der Waals surface area contributed by atoms with Gasteiger partial charge in [0.15, 0.2) is 0 Å². The molecule has 1 aromatic heterocycles. The third-order valence-corrected chi connectivity index (χ3v) is 4.55. The molecule has 1 aromatic carbocycles. The van der Waals surface area contributed by atoms with Crippen LogP contribution in [0.5, 0.6) is 0 Å². The van der Waals surface area contributed by atoms with Crippen LogP contribution in [0.4, 0.5) is 0 Å². The molecule has 3 rings (SSSR count). The number of hydrogen-bond acceptors (Lipinski definition) is 5. The predicted octanol–water partition coefficient (Wildman–Crippen LogP) is 1.25. The summed E-state index contributed by atoms with van der Waals surface area (Å²) in [5, 5.41) is 9.28. The fraction of sp³-hybridized carbons (Fsp3) is 0.375. The van der Waals surface area contributed by atoms with Crippen LogP contribution in [-0.4, -0.2) is 48.5 Å². The molecule has 5 nitrogen and oxygen atoms in total. The van der Waals surface area contributed by atoms with Crippen molar-refractivity contribution in [3.8, 4) is 0 Å². The fourth-order valence-corrected chi connectivity index (χ4v) is 3.30. The number of thiazole rings is 1. The van der Waals surface area contributed by atoms with E-state index >= 15 is 0 Å². The monoisotopic (exact) mass is 316 g/mol. The van der Waals surface area contributed by atoms with Gasteiger partial charge in [-0.25, -0.2) is 4.98 Å². The summed E-state index contributed by atoms with van der Waals surface area (Å²) in [6.07, 6.45) is 1.78. The number of carbonyl (C=O) groups excluding carboxylic acids is 1. The van der Waals surface area contributed by atoms with Crippen LogP contribution in [0, 0.1) is 0 Å². The van der Waals surface area contributed by atoms with Crippen molar-refractivity contribution in [1.29, 1.82) is 0 Å². The minimum Gasteiger partial charge on any atom is -0.342 e. The van der Waals surface area contributed by atoms with E-state index in [-0.39, 0.29) is 11.9 Å². The molecular formula is C16H20N4OS. The van der Waals surface area contributed by atoms with E-state index in [2.05, 4.69) is 20.5 Å². The van der Waals surface area contributed by atoms with E-state index in [0.717, 1.165) is 36.8 Å². The predicted molar refractivity (Wildman–Crippen MR) is 87.9 cm³/mol. The van der Waals surface area contributed by atoms with Crippen LogP contribution in [0.15, 0.2) is 41.9 Å². The topological polar surface area (TPSA) is 57.3 Å². The van der Waals surface area contributed by atoms with Crippen LogP contribution in [0.2, 0.25) is 0 Å². The van der Waals surface area contributed by atoms with Crippen LogP contribution >= 0.6 is 11.3 Å². The lowest BCUT2D eigenvalue weighted by Gasteiger charge is -2.27. The number of piperazine rings is 1. The minimum absolute atomic E-state index is 0.0472. The van der Waals surface area contributed by atoms with Gasteiger partial charge < -0.3 is 10.6 Å². The molecule has 1 aliphatic rings. The number of carbonyl (C=O) groups is 1. The molecule has 1 aliphatic heterocycles. The summed E-state index contributed by atoms with van der Waals surface area (Å²) in [6, 6.07) is 9.83. The Morgan fingerprint density at radius 2 is 2.09 bits per heavy atom. The summed E-state index contributed by atoms with van der Waals surface area (Å²) in [4.78, 5) is 18.9. The second-order valence-corrected chi connectivity index (χ2v) is 6.23. The van der Waals surface area contributed by atoms with Gasteiger partial charge in [0.2, 0.25) is 5.91 Å². The van der Waals surface area contributed by atoms with Crippen molar-refractivity contribution in [2.24, 2.45) is 0 Å². The zero-order chi connectivity index (χ0) is 15.2. The van der Waals surface area contributed by atoms with E-state index in [0.29, 0.717) is 6.54 Å². The Bertz CT molecular complexity index is 581. The van der Waals surface area contributed by atoms with E-state index in [1.807, 2.05) is 35.7 Å². The van der Waals surface area contributed by atoms with Crippen LogP contribution in [-0.2, 0) is 4.79 Å². The first kappa shape index (κ1) is 15.1. The summed E-state index contributed by atoms with van der Waals surface area (Å²) in [7, 11) is 0. The molecule has 0 saturated carbocycles. The SMILES string of the molecule is O=C(CN1CCNCC1)NC(c1ccccc1)c1nccs1. The number of nitrogens with zero attached hydrogens (tertiary/aromatic N) is 2. The highest BCUT2D eigenvalue weighted by Gasteiger charge is 2.21. The maximum Gasteiger partial charge on any atom is 0.235 e. The zero-order valence-corrected chi connectivity index (χ0v) is 13.2. The number of amides is 1. The first-order valence-corrected chi connectivity index (χ1v) is 8.37. The van der Waals surface area contributed by atoms with Gasteiger partial charge in [0.25, 0.3) is 0 Å². The number of hydrogen-bond donors (Lipinski definition) is 2. The van der Waals surface area contributed by atoms with Crippen molar-refractivity contribution in [1.82, 2.24) is 20.5 Å². The molecule has 116 valence electrons. The zero-order valence-electron chi connectivity index (χ0n) is 12.4. The van der Waals surface area contributed by atoms with Gasteiger partial charge in [-0.3, -0.25) is 9.69 Å². The summed E-state index contributed by atoms with van der Waals surface area (Å²) >= 11 is 1.56. The second kappa shape index (κ2) is 7.49. The molecule has 1 amide bonds. The van der Waals surface area contributed by atoms with Crippen molar-refractivity contribution < 1.29 is 4.79 Å². The van der Waals surface area contributed by atoms with Gasteiger partial charge in [0, 0.05) is 37.8 Å². The van der Waals surface area contributed by atoms with Gasteiger partial charge in [-0.15, -0.1) is 11.3 Å². The molecule has 0 aliphatic carbocycles. The van der Waals surface area contributed by atoms with Gasteiger partial charge in [-0.05, 0) is 5.56 Å². The Morgan fingerprint density at radius 1 is 1.32 bits per heavy atom. The molecule has 1 fully saturated rings. The molecular weight excluding hydrogens is 296 g/mol. The van der Waals surface area contributed by atoms with Gasteiger partial charge in [-0.1, -0.05) is 30.3 Å². The van der Waals surface area contributed by atoms with E-state index < -0.39 is 0 Å². The largest absolute Gasteiger partial charge is 0.342 e. The van der Waals surface area contributed by atoms with Gasteiger partial charge >= 0.3 is 0 Å². The minimum atomic E-state index is -0.170. The first-order valence-electron chi connectivity index (χ1n) is 7.50. The Kier molecular flexibility index (Phi) is 5.15. The Balaban J connectivity index is 1.69. The smallest absolute Gasteiger partial charge is 0.235 e. The van der Waals surface area contributed by atoms with E-state index in [9.17, 15) is 4.79 Å². The lowest BCUT2D eigenvalue weighted by Crippen LogP contribution is -2.48. The second-order valence-electron chi connectivity index (χ2n) is 5.31. The molecule has 0 radical (unpaired) electrons. The Morgan fingerprint density at radius 3 is 2.77 bits per heavy atom. The Hall–Kier alpha value is -1.76. The van der Waals surface area contributed by atoms with Gasteiger partial charge in [0.1, 0.15) is 11.0 Å². The van der Waals surface area contributed by atoms with Crippen LogP contribution in [0.3, 0.4) is 0 Å². The van der Waals surface area contributed by atoms with Crippen molar-refractivity contribution >= 4 is 17.2 Å². The molecule has 0 bridgehead atoms. The van der Waals surface area contributed by atoms with E-state index in [1.54, 1.807) is 17.5 Å². The van der Waals surface area contributed by atoms with Gasteiger partial charge in [-0.2, -0.15) is 0 Å². The molecule has 1 atom stereocenters. The third kappa shape index (κ3) is 3.91. The quantitative estimate of drug-likeness (QED) is 0.872. The van der Waals surface area contributed by atoms with Crippen molar-refractivity contribution in [3.05, 3.63) is 52.5 Å². The average Bonchev–Trinajstić information content (AvgIpc) is 3.08. The standard InChI is InChI=1S/C16H20N4OS/c21-14(12-20-9-6-17-7-10-20)19-15(16-18-8-11-22-16)13-4-2-1-3-5-13/h1-5,8,11,15,17H,6-7,9-10,12H2,(H,19,21). The lowest BCUT2D eigenvalue weighted by molar-refractivity contribution is -0.122. The molecule has 0 spiro atoms. The molecule has 2 aromatic rings. The maximum atomic E-state index is 12.4. The highest BCUT2D eigenvalue weighted by Crippen LogP contribution is 2.23. The van der Waals surface area contributed by atoms with E-state index in [4.69, 9.17) is 0 Å². The highest BCUT2D eigenvalue weighted by atomic mass is 32.1. The molecule has 1 saturated heterocycles. The summed E-state index contributed by atoms with van der Waals surface area (Å²) in [5.74, 6) is 0.0472. The third-order valence-electron chi connectivity index (χ3n) is 3.71. The maximum absolute atomic E-state index is 12.4. The van der Waals surface area contributed by atoms with Crippen molar-refractivity contribution in [3.63, 3.8) is 0 Å². The number of aromatic nitrogens is 1. The van der Waals surface area contributed by atoms with E-state index in [1.165, 1.54) is 0 Å². The fourth-order valence-electron chi connectivity index (χ4n) is 2.59. The van der Waals surface area contributed by atoms with Crippen LogP contribution in [0.25, 0.3) is 0 Å². The van der Waals surface area contributed by atoms with Crippen LogP contribution in [0.1, 0.15) is 16.6 Å². The Labute approximate surface area is 134 Å². The van der Waals surface area contributed by atoms with Crippen LogP contribution < -0.4 is 10.6 Å². The first-order chi connectivity index (χ1) is 10.8. The number of rotatable bonds is 5. The molecule has 2 N–H and O–H groups in total. The van der Waals surface area contributed by atoms with Crippen molar-refractivity contribution in [2.75, 3.05) is 32.7 Å². The number of benzene rings is 1. The highest BCUT2D eigenvalue weighted by molar-refractivity contribution is 7.09. The molecule has 2 heterocycles. The molecule has 1 unspecified atom stereocenters. The van der Waals surface area contributed by atoms with Gasteiger partial charge in [0.05, 0.1) is 6.54 Å². The summed E-state index contributed by atoms with van der Waals surface area (Å²) < 4.78 is 0. The molecule has 6 heteroatoms. The van der Waals surface area contributed by atoms with Crippen molar-refractivity contribution in [2.45, 2.75) is 6.04 Å². The summed E-state index contributed by atoms with van der Waals surface area (Å²) in [6.45, 7) is 4.17. The number of nitrogens with one attached hydrogen (secondary N) is 2. The summed E-state index contributed by atoms with van der Waals surface area (Å²) in [5.41, 5.74) is 1.06. The molecule has 22 heavy (non-hydrogen) atoms. The normalized spacial score (nSPS) is 17.1. The average molecular weight is 316 g/mol.